The van der Waals surface area contributed by atoms with Crippen LogP contribution < -0.4 is 5.32 Å². The van der Waals surface area contributed by atoms with Gasteiger partial charge in [-0.2, -0.15) is 0 Å². The van der Waals surface area contributed by atoms with Gasteiger partial charge in [-0.05, 0) is 49.8 Å². The summed E-state index contributed by atoms with van der Waals surface area (Å²) in [6.45, 7) is 3.82. The maximum atomic E-state index is 12.1. The van der Waals surface area contributed by atoms with Gasteiger partial charge in [0.15, 0.2) is 0 Å². The van der Waals surface area contributed by atoms with Gasteiger partial charge in [0.1, 0.15) is 5.75 Å². The standard InChI is InChI=1S/C15H21NO3/c1-3-13(11-6-12(17)7-11)16-15(19)10-5-4-9(2)14(18)8-10/h4-5,8,11-13,17-18H,3,6-7H2,1-2H3,(H,16,19)/t11?,12?,13-/m0/s1. The smallest absolute Gasteiger partial charge is 0.251 e. The highest BCUT2D eigenvalue weighted by atomic mass is 16.3. The molecule has 19 heavy (non-hydrogen) atoms. The zero-order chi connectivity index (χ0) is 14.0. The Morgan fingerprint density at radius 1 is 1.47 bits per heavy atom. The Kier molecular flexibility index (Phi) is 4.10. The van der Waals surface area contributed by atoms with Crippen LogP contribution in [0, 0.1) is 12.8 Å². The first-order valence-corrected chi connectivity index (χ1v) is 6.79. The van der Waals surface area contributed by atoms with Gasteiger partial charge in [-0.25, -0.2) is 0 Å². The topological polar surface area (TPSA) is 69.6 Å². The summed E-state index contributed by atoms with van der Waals surface area (Å²) in [7, 11) is 0. The van der Waals surface area contributed by atoms with E-state index in [2.05, 4.69) is 5.32 Å². The zero-order valence-electron chi connectivity index (χ0n) is 11.4. The van der Waals surface area contributed by atoms with Crippen molar-refractivity contribution in [1.82, 2.24) is 5.32 Å². The summed E-state index contributed by atoms with van der Waals surface area (Å²) in [5.74, 6) is 0.339. The summed E-state index contributed by atoms with van der Waals surface area (Å²) >= 11 is 0. The summed E-state index contributed by atoms with van der Waals surface area (Å²) in [5, 5.41) is 22.0. The second-order valence-corrected chi connectivity index (χ2v) is 5.37. The third kappa shape index (κ3) is 3.07. The van der Waals surface area contributed by atoms with Gasteiger partial charge in [0, 0.05) is 11.6 Å². The third-order valence-electron chi connectivity index (χ3n) is 3.95. The Morgan fingerprint density at radius 3 is 2.68 bits per heavy atom. The SMILES string of the molecule is CC[C@H](NC(=O)c1ccc(C)c(O)c1)C1CC(O)C1. The first-order valence-electron chi connectivity index (χ1n) is 6.79. The molecule has 0 unspecified atom stereocenters. The van der Waals surface area contributed by atoms with Crippen molar-refractivity contribution in [2.75, 3.05) is 0 Å². The van der Waals surface area contributed by atoms with Gasteiger partial charge in [0.2, 0.25) is 0 Å². The highest BCUT2D eigenvalue weighted by molar-refractivity contribution is 5.94. The zero-order valence-corrected chi connectivity index (χ0v) is 11.4. The Bertz CT molecular complexity index is 466. The Labute approximate surface area is 113 Å². The lowest BCUT2D eigenvalue weighted by atomic mass is 9.76. The molecule has 3 N–H and O–H groups in total. The van der Waals surface area contributed by atoms with E-state index in [4.69, 9.17) is 0 Å². The third-order valence-corrected chi connectivity index (χ3v) is 3.95. The highest BCUT2D eigenvalue weighted by Gasteiger charge is 2.33. The number of phenols is 1. The number of hydrogen-bond donors (Lipinski definition) is 3. The average molecular weight is 263 g/mol. The maximum Gasteiger partial charge on any atom is 0.251 e. The molecule has 0 aliphatic heterocycles. The number of nitrogens with one attached hydrogen (secondary N) is 1. The fourth-order valence-electron chi connectivity index (χ4n) is 2.51. The number of carbonyl (C=O) groups is 1. The lowest BCUT2D eigenvalue weighted by molar-refractivity contribution is 0.0232. The van der Waals surface area contributed by atoms with Crippen molar-refractivity contribution in [1.29, 1.82) is 0 Å². The number of aliphatic hydroxyl groups excluding tert-OH is 1. The van der Waals surface area contributed by atoms with E-state index in [1.165, 1.54) is 6.07 Å². The first kappa shape index (κ1) is 13.9. The molecule has 1 amide bonds. The highest BCUT2D eigenvalue weighted by Crippen LogP contribution is 2.31. The molecule has 0 bridgehead atoms. The second kappa shape index (κ2) is 5.61. The molecule has 0 spiro atoms. The number of amides is 1. The number of phenolic OH excluding ortho intramolecular Hbond substituents is 1. The van der Waals surface area contributed by atoms with Crippen molar-refractivity contribution in [3.05, 3.63) is 29.3 Å². The molecule has 4 nitrogen and oxygen atoms in total. The predicted molar refractivity (Wildman–Crippen MR) is 73.1 cm³/mol. The molecule has 1 saturated carbocycles. The van der Waals surface area contributed by atoms with Crippen molar-refractivity contribution in [2.45, 2.75) is 45.3 Å². The molecule has 1 aliphatic rings. The molecule has 1 aromatic carbocycles. The maximum absolute atomic E-state index is 12.1. The molecule has 0 saturated heterocycles. The van der Waals surface area contributed by atoms with Crippen molar-refractivity contribution >= 4 is 5.91 Å². The quantitative estimate of drug-likeness (QED) is 0.778. The number of aryl methyl sites for hydroxylation is 1. The largest absolute Gasteiger partial charge is 0.508 e. The molecule has 0 heterocycles. The van der Waals surface area contributed by atoms with Crippen LogP contribution in [0.3, 0.4) is 0 Å². The number of aliphatic hydroxyl groups is 1. The number of rotatable bonds is 4. The van der Waals surface area contributed by atoms with Crippen LogP contribution in [0.25, 0.3) is 0 Å². The van der Waals surface area contributed by atoms with Crippen molar-refractivity contribution in [3.63, 3.8) is 0 Å². The fourth-order valence-corrected chi connectivity index (χ4v) is 2.51. The minimum atomic E-state index is -0.209. The van der Waals surface area contributed by atoms with E-state index in [9.17, 15) is 15.0 Å². The number of benzene rings is 1. The molecule has 104 valence electrons. The summed E-state index contributed by atoms with van der Waals surface area (Å²) < 4.78 is 0. The molecule has 1 aromatic rings. The van der Waals surface area contributed by atoms with E-state index >= 15 is 0 Å². The lowest BCUT2D eigenvalue weighted by Crippen LogP contribution is -2.46. The summed E-state index contributed by atoms with van der Waals surface area (Å²) in [5.41, 5.74) is 1.23. The Balaban J connectivity index is 2.00. The predicted octanol–water partition coefficient (Wildman–Crippen LogP) is 1.98. The normalized spacial score (nSPS) is 23.5. The van der Waals surface area contributed by atoms with Crippen LogP contribution >= 0.6 is 0 Å². The Hall–Kier alpha value is -1.55. The lowest BCUT2D eigenvalue weighted by Gasteiger charge is -2.37. The first-order chi connectivity index (χ1) is 9.01. The molecular formula is C15H21NO3. The minimum Gasteiger partial charge on any atom is -0.508 e. The van der Waals surface area contributed by atoms with Gasteiger partial charge in [-0.15, -0.1) is 0 Å². The fraction of sp³-hybridized carbons (Fsp3) is 0.533. The van der Waals surface area contributed by atoms with E-state index in [-0.39, 0.29) is 23.8 Å². The molecule has 1 atom stereocenters. The van der Waals surface area contributed by atoms with Crippen LogP contribution in [0.2, 0.25) is 0 Å². The van der Waals surface area contributed by atoms with Gasteiger partial charge < -0.3 is 15.5 Å². The van der Waals surface area contributed by atoms with Crippen molar-refractivity contribution < 1.29 is 15.0 Å². The monoisotopic (exact) mass is 263 g/mol. The van der Waals surface area contributed by atoms with Gasteiger partial charge in [-0.1, -0.05) is 13.0 Å². The number of hydrogen-bond acceptors (Lipinski definition) is 3. The van der Waals surface area contributed by atoms with Gasteiger partial charge in [0.05, 0.1) is 6.10 Å². The van der Waals surface area contributed by atoms with Crippen LogP contribution in [0.5, 0.6) is 5.75 Å². The molecule has 0 radical (unpaired) electrons. The van der Waals surface area contributed by atoms with Gasteiger partial charge >= 0.3 is 0 Å². The van der Waals surface area contributed by atoms with Gasteiger partial charge in [-0.3, -0.25) is 4.79 Å². The van der Waals surface area contributed by atoms with Crippen LogP contribution in [-0.4, -0.2) is 28.3 Å². The van der Waals surface area contributed by atoms with Crippen molar-refractivity contribution in [3.8, 4) is 5.75 Å². The average Bonchev–Trinajstić information content (AvgIpc) is 2.35. The molecular weight excluding hydrogens is 242 g/mol. The van der Waals surface area contributed by atoms with E-state index in [0.717, 1.165) is 24.8 Å². The van der Waals surface area contributed by atoms with Crippen molar-refractivity contribution in [2.24, 2.45) is 5.92 Å². The van der Waals surface area contributed by atoms with Crippen LogP contribution in [0.1, 0.15) is 42.1 Å². The second-order valence-electron chi connectivity index (χ2n) is 5.37. The molecule has 1 aliphatic carbocycles. The number of carbonyl (C=O) groups excluding carboxylic acids is 1. The molecule has 2 rings (SSSR count). The van der Waals surface area contributed by atoms with E-state index < -0.39 is 0 Å². The van der Waals surface area contributed by atoms with Crippen LogP contribution in [-0.2, 0) is 0 Å². The van der Waals surface area contributed by atoms with Crippen LogP contribution in [0.4, 0.5) is 0 Å². The summed E-state index contributed by atoms with van der Waals surface area (Å²) in [6, 6.07) is 5.04. The molecule has 1 fully saturated rings. The Morgan fingerprint density at radius 2 is 2.16 bits per heavy atom. The van der Waals surface area contributed by atoms with E-state index in [0.29, 0.717) is 11.5 Å². The number of aromatic hydroxyl groups is 1. The summed E-state index contributed by atoms with van der Waals surface area (Å²) in [4.78, 5) is 12.1. The minimum absolute atomic E-state index is 0.0966. The van der Waals surface area contributed by atoms with E-state index in [1.54, 1.807) is 19.1 Å². The van der Waals surface area contributed by atoms with E-state index in [1.807, 2.05) is 6.92 Å². The van der Waals surface area contributed by atoms with Gasteiger partial charge in [0.25, 0.3) is 5.91 Å². The summed E-state index contributed by atoms with van der Waals surface area (Å²) in [6.07, 6.45) is 2.16. The molecule has 4 heteroatoms. The molecule has 0 aromatic heterocycles. The van der Waals surface area contributed by atoms with Crippen LogP contribution in [0.15, 0.2) is 18.2 Å².